The maximum Gasteiger partial charge on any atom is 0.333 e. The molecule has 0 spiro atoms. The van der Waals surface area contributed by atoms with Gasteiger partial charge in [-0.05, 0) is 30.3 Å². The van der Waals surface area contributed by atoms with Crippen LogP contribution in [0.15, 0.2) is 59.1 Å². The normalized spacial score (nSPS) is 13.0. The first-order valence-corrected chi connectivity index (χ1v) is 9.38. The average molecular weight is 441 g/mol. The van der Waals surface area contributed by atoms with Crippen molar-refractivity contribution in [3.63, 3.8) is 0 Å². The molecule has 3 aromatic rings. The van der Waals surface area contributed by atoms with Gasteiger partial charge in [0.1, 0.15) is 5.82 Å². The number of benzene rings is 2. The summed E-state index contributed by atoms with van der Waals surface area (Å²) < 4.78 is 0.829. The van der Waals surface area contributed by atoms with Gasteiger partial charge in [0, 0.05) is 27.8 Å². The standard InChI is InChI=1S/C19H17BrN6O2/c20-13-6-4-5-12(9-13)18(27)22-17-15-10-26(11-16(15)23-24-17)25-19(28)21-14-7-2-1-3-8-14/h1-9H,10-11H2,(H2,21,25,28)(H2,22,23,24,27). The average Bonchev–Trinajstić information content (AvgIpc) is 3.23. The summed E-state index contributed by atoms with van der Waals surface area (Å²) in [6.07, 6.45) is 0. The molecule has 3 amide bonds. The van der Waals surface area contributed by atoms with Crippen LogP contribution in [0, 0.1) is 0 Å². The van der Waals surface area contributed by atoms with Gasteiger partial charge >= 0.3 is 6.03 Å². The Kier molecular flexibility index (Phi) is 5.09. The molecule has 4 rings (SSSR count). The molecule has 9 heteroatoms. The van der Waals surface area contributed by atoms with Crippen LogP contribution in [0.3, 0.4) is 0 Å². The fraction of sp³-hybridized carbons (Fsp3) is 0.105. The predicted octanol–water partition coefficient (Wildman–Crippen LogP) is 3.48. The topological polar surface area (TPSA) is 102 Å². The van der Waals surface area contributed by atoms with Crippen LogP contribution < -0.4 is 16.1 Å². The summed E-state index contributed by atoms with van der Waals surface area (Å²) in [5, 5.41) is 14.4. The van der Waals surface area contributed by atoms with Gasteiger partial charge in [-0.1, -0.05) is 40.2 Å². The maximum atomic E-state index is 12.5. The number of urea groups is 1. The van der Waals surface area contributed by atoms with E-state index in [9.17, 15) is 9.59 Å². The van der Waals surface area contributed by atoms with E-state index >= 15 is 0 Å². The Morgan fingerprint density at radius 1 is 1.04 bits per heavy atom. The highest BCUT2D eigenvalue weighted by molar-refractivity contribution is 9.10. The van der Waals surface area contributed by atoms with Crippen molar-refractivity contribution in [2.24, 2.45) is 0 Å². The van der Waals surface area contributed by atoms with E-state index in [-0.39, 0.29) is 11.9 Å². The third kappa shape index (κ3) is 4.05. The van der Waals surface area contributed by atoms with Crippen LogP contribution in [0.4, 0.5) is 16.3 Å². The van der Waals surface area contributed by atoms with Gasteiger partial charge in [0.2, 0.25) is 0 Å². The molecule has 0 bridgehead atoms. The van der Waals surface area contributed by atoms with Gasteiger partial charge < -0.3 is 10.6 Å². The summed E-state index contributed by atoms with van der Waals surface area (Å²) in [6.45, 7) is 0.878. The molecule has 4 N–H and O–H groups in total. The number of aromatic nitrogens is 2. The molecule has 0 aliphatic carbocycles. The number of nitrogens with one attached hydrogen (secondary N) is 4. The predicted molar refractivity (Wildman–Crippen MR) is 109 cm³/mol. The Morgan fingerprint density at radius 2 is 1.86 bits per heavy atom. The number of halogens is 1. The second kappa shape index (κ2) is 7.83. The lowest BCUT2D eigenvalue weighted by Gasteiger charge is -2.17. The van der Waals surface area contributed by atoms with Crippen molar-refractivity contribution in [1.29, 1.82) is 0 Å². The molecule has 0 atom stereocenters. The van der Waals surface area contributed by atoms with Crippen molar-refractivity contribution >= 4 is 39.4 Å². The minimum atomic E-state index is -0.333. The van der Waals surface area contributed by atoms with Gasteiger partial charge in [0.15, 0.2) is 0 Å². The fourth-order valence-electron chi connectivity index (χ4n) is 2.95. The molecule has 2 aromatic carbocycles. The number of carbonyl (C=O) groups is 2. The van der Waals surface area contributed by atoms with Gasteiger partial charge in [-0.25, -0.2) is 9.80 Å². The summed E-state index contributed by atoms with van der Waals surface area (Å²) in [5.74, 6) is 0.300. The Bertz CT molecular complexity index is 1020. The van der Waals surface area contributed by atoms with Crippen molar-refractivity contribution < 1.29 is 9.59 Å². The van der Waals surface area contributed by atoms with Gasteiger partial charge in [-0.2, -0.15) is 5.10 Å². The molecule has 142 valence electrons. The van der Waals surface area contributed by atoms with Gasteiger partial charge in [-0.3, -0.25) is 15.3 Å². The number of hydrazine groups is 1. The number of rotatable bonds is 4. The zero-order valence-corrected chi connectivity index (χ0v) is 16.3. The number of hydrogen-bond donors (Lipinski definition) is 4. The van der Waals surface area contributed by atoms with Crippen LogP contribution in [-0.4, -0.2) is 27.1 Å². The zero-order valence-electron chi connectivity index (χ0n) is 14.7. The van der Waals surface area contributed by atoms with Crippen LogP contribution in [-0.2, 0) is 13.1 Å². The lowest BCUT2D eigenvalue weighted by Crippen LogP contribution is -2.41. The summed E-state index contributed by atoms with van der Waals surface area (Å²) in [4.78, 5) is 24.6. The first-order chi connectivity index (χ1) is 13.6. The van der Waals surface area contributed by atoms with Crippen LogP contribution in [0.2, 0.25) is 0 Å². The van der Waals surface area contributed by atoms with Gasteiger partial charge in [0.05, 0.1) is 12.2 Å². The molecule has 1 aliphatic heterocycles. The van der Waals surface area contributed by atoms with E-state index < -0.39 is 0 Å². The highest BCUT2D eigenvalue weighted by atomic mass is 79.9. The Hall–Kier alpha value is -3.17. The van der Waals surface area contributed by atoms with E-state index in [4.69, 9.17) is 0 Å². The number of nitrogens with zero attached hydrogens (tertiary/aromatic N) is 2. The molecule has 0 unspecified atom stereocenters. The Balaban J connectivity index is 1.37. The summed E-state index contributed by atoms with van der Waals surface area (Å²) >= 11 is 3.36. The molecule has 28 heavy (non-hydrogen) atoms. The van der Waals surface area contributed by atoms with E-state index in [2.05, 4.69) is 42.2 Å². The van der Waals surface area contributed by atoms with Crippen LogP contribution in [0.1, 0.15) is 21.6 Å². The number of para-hydroxylation sites is 1. The number of aromatic amines is 1. The van der Waals surface area contributed by atoms with Gasteiger partial charge in [0.25, 0.3) is 5.91 Å². The van der Waals surface area contributed by atoms with E-state index in [0.29, 0.717) is 30.2 Å². The fourth-order valence-corrected chi connectivity index (χ4v) is 3.35. The second-order valence-electron chi connectivity index (χ2n) is 6.28. The minimum Gasteiger partial charge on any atom is -0.307 e. The number of hydrogen-bond acceptors (Lipinski definition) is 4. The van der Waals surface area contributed by atoms with E-state index in [1.807, 2.05) is 36.4 Å². The van der Waals surface area contributed by atoms with Crippen molar-refractivity contribution in [1.82, 2.24) is 20.6 Å². The molecule has 1 aromatic heterocycles. The number of carbonyl (C=O) groups excluding carboxylic acids is 2. The van der Waals surface area contributed by atoms with E-state index in [0.717, 1.165) is 15.7 Å². The monoisotopic (exact) mass is 440 g/mol. The van der Waals surface area contributed by atoms with Crippen LogP contribution in [0.5, 0.6) is 0 Å². The highest BCUT2D eigenvalue weighted by Gasteiger charge is 2.27. The third-order valence-corrected chi connectivity index (χ3v) is 4.75. The summed E-state index contributed by atoms with van der Waals surface area (Å²) in [5.41, 5.74) is 5.67. The summed E-state index contributed by atoms with van der Waals surface area (Å²) in [6, 6.07) is 16.0. The van der Waals surface area contributed by atoms with Crippen molar-refractivity contribution in [3.8, 4) is 0 Å². The SMILES string of the molecule is O=C(Nc1ccccc1)NN1Cc2n[nH]c(NC(=O)c3cccc(Br)c3)c2C1. The highest BCUT2D eigenvalue weighted by Crippen LogP contribution is 2.26. The molecule has 0 fully saturated rings. The lowest BCUT2D eigenvalue weighted by atomic mass is 10.2. The number of amides is 3. The Labute approximate surface area is 169 Å². The number of anilines is 2. The van der Waals surface area contributed by atoms with Crippen molar-refractivity contribution in [3.05, 3.63) is 75.9 Å². The first kappa shape index (κ1) is 18.2. The van der Waals surface area contributed by atoms with E-state index in [1.54, 1.807) is 23.2 Å². The quantitative estimate of drug-likeness (QED) is 0.498. The maximum absolute atomic E-state index is 12.5. The first-order valence-electron chi connectivity index (χ1n) is 8.59. The molecular weight excluding hydrogens is 424 g/mol. The second-order valence-corrected chi connectivity index (χ2v) is 7.19. The van der Waals surface area contributed by atoms with E-state index in [1.165, 1.54) is 0 Å². The third-order valence-electron chi connectivity index (χ3n) is 4.26. The van der Waals surface area contributed by atoms with Crippen molar-refractivity contribution in [2.45, 2.75) is 13.1 Å². The molecular formula is C19H17BrN6O2. The smallest absolute Gasteiger partial charge is 0.307 e. The van der Waals surface area contributed by atoms with Crippen LogP contribution in [0.25, 0.3) is 0 Å². The zero-order chi connectivity index (χ0) is 19.5. The Morgan fingerprint density at radius 3 is 2.64 bits per heavy atom. The molecule has 2 heterocycles. The van der Waals surface area contributed by atoms with Crippen molar-refractivity contribution in [2.75, 3.05) is 10.6 Å². The number of fused-ring (bicyclic) bond motifs is 1. The number of H-pyrrole nitrogens is 1. The largest absolute Gasteiger partial charge is 0.333 e. The summed E-state index contributed by atoms with van der Waals surface area (Å²) in [7, 11) is 0. The molecule has 0 saturated carbocycles. The molecule has 8 nitrogen and oxygen atoms in total. The minimum absolute atomic E-state index is 0.235. The molecule has 0 saturated heterocycles. The lowest BCUT2D eigenvalue weighted by molar-refractivity contribution is 0.102. The molecule has 1 aliphatic rings. The van der Waals surface area contributed by atoms with Gasteiger partial charge in [-0.15, -0.1) is 0 Å². The van der Waals surface area contributed by atoms with Crippen LogP contribution >= 0.6 is 15.9 Å². The molecule has 0 radical (unpaired) electrons.